The van der Waals surface area contributed by atoms with Crippen molar-refractivity contribution < 1.29 is 14.6 Å². The zero-order valence-corrected chi connectivity index (χ0v) is 10.0. The summed E-state index contributed by atoms with van der Waals surface area (Å²) < 4.78 is 6.21. The lowest BCUT2D eigenvalue weighted by atomic mass is 10.2. The minimum Gasteiger partial charge on any atom is -0.463 e. The topological polar surface area (TPSA) is 51.5 Å². The van der Waals surface area contributed by atoms with Crippen molar-refractivity contribution in [1.29, 1.82) is 0 Å². The standard InChI is InChI=1S/C12H12ClNO3/c1-2-17-12(16)11(15)14-6-5-8-7-9(13)3-4-10(8)14/h3-7,11,15H,2H2,1H3. The van der Waals surface area contributed by atoms with Crippen molar-refractivity contribution in [3.63, 3.8) is 0 Å². The predicted octanol–water partition coefficient (Wildman–Crippen LogP) is 2.35. The van der Waals surface area contributed by atoms with Gasteiger partial charge < -0.3 is 14.4 Å². The quantitative estimate of drug-likeness (QED) is 0.855. The van der Waals surface area contributed by atoms with Crippen LogP contribution in [0.4, 0.5) is 0 Å². The van der Waals surface area contributed by atoms with Crippen molar-refractivity contribution in [2.24, 2.45) is 0 Å². The van der Waals surface area contributed by atoms with Gasteiger partial charge in [0, 0.05) is 16.6 Å². The highest BCUT2D eigenvalue weighted by atomic mass is 35.5. The SMILES string of the molecule is CCOC(=O)C(O)n1ccc2cc(Cl)ccc21. The van der Waals surface area contributed by atoms with E-state index < -0.39 is 12.2 Å². The number of fused-ring (bicyclic) bond motifs is 1. The van der Waals surface area contributed by atoms with Crippen LogP contribution in [0.2, 0.25) is 5.02 Å². The minimum absolute atomic E-state index is 0.237. The van der Waals surface area contributed by atoms with Gasteiger partial charge in [-0.2, -0.15) is 0 Å². The summed E-state index contributed by atoms with van der Waals surface area (Å²) >= 11 is 5.86. The molecule has 0 spiro atoms. The molecule has 0 aliphatic carbocycles. The second-order valence-electron chi connectivity index (χ2n) is 3.55. The van der Waals surface area contributed by atoms with Crippen LogP contribution in [0.25, 0.3) is 10.9 Å². The summed E-state index contributed by atoms with van der Waals surface area (Å²) in [5.74, 6) is -0.667. The van der Waals surface area contributed by atoms with E-state index in [1.165, 1.54) is 4.57 Å². The molecule has 0 fully saturated rings. The first-order valence-electron chi connectivity index (χ1n) is 5.24. The molecule has 2 rings (SSSR count). The van der Waals surface area contributed by atoms with E-state index in [0.717, 1.165) is 10.9 Å². The molecule has 5 heteroatoms. The van der Waals surface area contributed by atoms with Crippen molar-refractivity contribution in [3.8, 4) is 0 Å². The summed E-state index contributed by atoms with van der Waals surface area (Å²) in [7, 11) is 0. The molecule has 1 unspecified atom stereocenters. The van der Waals surface area contributed by atoms with E-state index in [-0.39, 0.29) is 6.61 Å². The van der Waals surface area contributed by atoms with E-state index in [2.05, 4.69) is 0 Å². The smallest absolute Gasteiger partial charge is 0.356 e. The van der Waals surface area contributed by atoms with Gasteiger partial charge in [-0.3, -0.25) is 0 Å². The minimum atomic E-state index is -1.33. The number of hydrogen-bond donors (Lipinski definition) is 1. The molecule has 1 N–H and O–H groups in total. The number of aliphatic hydroxyl groups excluding tert-OH is 1. The van der Waals surface area contributed by atoms with Gasteiger partial charge in [0.05, 0.1) is 12.1 Å². The van der Waals surface area contributed by atoms with Crippen LogP contribution in [0.1, 0.15) is 13.2 Å². The highest BCUT2D eigenvalue weighted by molar-refractivity contribution is 6.31. The average Bonchev–Trinajstić information content (AvgIpc) is 2.71. The van der Waals surface area contributed by atoms with Crippen LogP contribution in [0.3, 0.4) is 0 Å². The number of carbonyl (C=O) groups excluding carboxylic acids is 1. The monoisotopic (exact) mass is 253 g/mol. The Balaban J connectivity index is 2.39. The van der Waals surface area contributed by atoms with E-state index in [1.807, 2.05) is 0 Å². The molecule has 17 heavy (non-hydrogen) atoms. The summed E-state index contributed by atoms with van der Waals surface area (Å²) in [6.45, 7) is 1.93. The molecule has 0 aliphatic rings. The Kier molecular flexibility index (Phi) is 3.36. The van der Waals surface area contributed by atoms with Gasteiger partial charge in [-0.05, 0) is 31.2 Å². The van der Waals surface area contributed by atoms with Gasteiger partial charge in [-0.25, -0.2) is 4.79 Å². The molecule has 1 atom stereocenters. The number of halogens is 1. The van der Waals surface area contributed by atoms with Gasteiger partial charge in [0.25, 0.3) is 0 Å². The molecule has 90 valence electrons. The second kappa shape index (κ2) is 4.77. The fourth-order valence-electron chi connectivity index (χ4n) is 1.68. The van der Waals surface area contributed by atoms with Crippen molar-refractivity contribution in [2.75, 3.05) is 6.61 Å². The van der Waals surface area contributed by atoms with Crippen molar-refractivity contribution >= 4 is 28.5 Å². The Bertz CT molecular complexity index is 550. The fraction of sp³-hybridized carbons (Fsp3) is 0.250. The zero-order chi connectivity index (χ0) is 12.4. The Morgan fingerprint density at radius 2 is 2.29 bits per heavy atom. The van der Waals surface area contributed by atoms with Gasteiger partial charge in [-0.1, -0.05) is 11.6 Å². The predicted molar refractivity (Wildman–Crippen MR) is 64.8 cm³/mol. The number of hydrogen-bond acceptors (Lipinski definition) is 3. The van der Waals surface area contributed by atoms with E-state index in [1.54, 1.807) is 37.4 Å². The Morgan fingerprint density at radius 1 is 1.53 bits per heavy atom. The van der Waals surface area contributed by atoms with Crippen LogP contribution >= 0.6 is 11.6 Å². The molecule has 2 aromatic rings. The van der Waals surface area contributed by atoms with Gasteiger partial charge in [0.2, 0.25) is 6.23 Å². The molecule has 0 saturated carbocycles. The van der Waals surface area contributed by atoms with Gasteiger partial charge in [0.1, 0.15) is 0 Å². The van der Waals surface area contributed by atoms with Gasteiger partial charge in [0.15, 0.2) is 0 Å². The summed E-state index contributed by atoms with van der Waals surface area (Å²) in [6.07, 6.45) is 0.302. The largest absolute Gasteiger partial charge is 0.463 e. The Hall–Kier alpha value is -1.52. The maximum absolute atomic E-state index is 11.4. The number of rotatable bonds is 3. The number of nitrogens with zero attached hydrogens (tertiary/aromatic N) is 1. The molecule has 0 radical (unpaired) electrons. The van der Waals surface area contributed by atoms with Crippen molar-refractivity contribution in [1.82, 2.24) is 4.57 Å². The number of carbonyl (C=O) groups is 1. The lowest BCUT2D eigenvalue weighted by Gasteiger charge is -2.12. The number of esters is 1. The van der Waals surface area contributed by atoms with Crippen molar-refractivity contribution in [2.45, 2.75) is 13.2 Å². The number of benzene rings is 1. The van der Waals surface area contributed by atoms with Crippen LogP contribution in [0.15, 0.2) is 30.5 Å². The third-order valence-corrected chi connectivity index (χ3v) is 2.68. The Labute approximate surface area is 103 Å². The van der Waals surface area contributed by atoms with Gasteiger partial charge in [-0.15, -0.1) is 0 Å². The molecular formula is C12H12ClNO3. The van der Waals surface area contributed by atoms with Gasteiger partial charge >= 0.3 is 5.97 Å². The van der Waals surface area contributed by atoms with Crippen molar-refractivity contribution in [3.05, 3.63) is 35.5 Å². The molecular weight excluding hydrogens is 242 g/mol. The van der Waals surface area contributed by atoms with Crippen LogP contribution in [-0.4, -0.2) is 22.2 Å². The number of aliphatic hydroxyl groups is 1. The molecule has 0 amide bonds. The maximum Gasteiger partial charge on any atom is 0.356 e. The fourth-order valence-corrected chi connectivity index (χ4v) is 1.86. The highest BCUT2D eigenvalue weighted by Gasteiger charge is 2.19. The number of aromatic nitrogens is 1. The number of ether oxygens (including phenoxy) is 1. The molecule has 1 aromatic carbocycles. The van der Waals surface area contributed by atoms with E-state index in [4.69, 9.17) is 16.3 Å². The highest BCUT2D eigenvalue weighted by Crippen LogP contribution is 2.23. The van der Waals surface area contributed by atoms with E-state index in [9.17, 15) is 9.90 Å². The third kappa shape index (κ3) is 2.28. The van der Waals surface area contributed by atoms with E-state index >= 15 is 0 Å². The normalized spacial score (nSPS) is 12.6. The van der Waals surface area contributed by atoms with E-state index in [0.29, 0.717) is 5.02 Å². The summed E-state index contributed by atoms with van der Waals surface area (Å²) in [5, 5.41) is 11.3. The van der Waals surface area contributed by atoms with Crippen LogP contribution in [0, 0.1) is 0 Å². The molecule has 0 bridgehead atoms. The average molecular weight is 254 g/mol. The zero-order valence-electron chi connectivity index (χ0n) is 9.26. The lowest BCUT2D eigenvalue weighted by Crippen LogP contribution is -2.20. The van der Waals surface area contributed by atoms with Crippen LogP contribution in [0.5, 0.6) is 0 Å². The second-order valence-corrected chi connectivity index (χ2v) is 3.99. The molecule has 4 nitrogen and oxygen atoms in total. The molecule has 0 aliphatic heterocycles. The first-order chi connectivity index (χ1) is 8.13. The first kappa shape index (κ1) is 12.0. The molecule has 1 aromatic heterocycles. The Morgan fingerprint density at radius 3 is 3.00 bits per heavy atom. The van der Waals surface area contributed by atoms with Crippen LogP contribution < -0.4 is 0 Å². The lowest BCUT2D eigenvalue weighted by molar-refractivity contribution is -0.157. The third-order valence-electron chi connectivity index (χ3n) is 2.44. The molecule has 0 saturated heterocycles. The molecule has 1 heterocycles. The summed E-state index contributed by atoms with van der Waals surface area (Å²) in [5.41, 5.74) is 0.731. The maximum atomic E-state index is 11.4. The first-order valence-corrected chi connectivity index (χ1v) is 5.62. The summed E-state index contributed by atoms with van der Waals surface area (Å²) in [4.78, 5) is 11.4. The summed E-state index contributed by atoms with van der Waals surface area (Å²) in [6, 6.07) is 7.01. The van der Waals surface area contributed by atoms with Crippen LogP contribution in [-0.2, 0) is 9.53 Å².